The highest BCUT2D eigenvalue weighted by atomic mass is 16.5. The van der Waals surface area contributed by atoms with Crippen molar-refractivity contribution in [1.82, 2.24) is 9.97 Å². The van der Waals surface area contributed by atoms with Gasteiger partial charge < -0.3 is 15.8 Å². The predicted octanol–water partition coefficient (Wildman–Crippen LogP) is 1.59. The van der Waals surface area contributed by atoms with Crippen LogP contribution in [0.25, 0.3) is 0 Å². The van der Waals surface area contributed by atoms with Gasteiger partial charge in [0.15, 0.2) is 5.82 Å². The number of rotatable bonds is 5. The third kappa shape index (κ3) is 2.97. The number of unbranched alkanes of at least 4 members (excludes halogenated alkanes) is 1. The van der Waals surface area contributed by atoms with Crippen molar-refractivity contribution in [3.63, 3.8) is 0 Å². The number of nitrogens with two attached hydrogens (primary N) is 1. The molecule has 0 unspecified atom stereocenters. The minimum absolute atomic E-state index is 0.471. The summed E-state index contributed by atoms with van der Waals surface area (Å²) in [6, 6.07) is 0. The monoisotopic (exact) mass is 210 g/mol. The van der Waals surface area contributed by atoms with Crippen molar-refractivity contribution >= 4 is 11.5 Å². The lowest BCUT2D eigenvalue weighted by molar-refractivity contribution is 0.298. The average molecular weight is 210 g/mol. The van der Waals surface area contributed by atoms with Crippen molar-refractivity contribution in [1.29, 1.82) is 0 Å². The Labute approximate surface area is 90.1 Å². The summed E-state index contributed by atoms with van der Waals surface area (Å²) in [5.74, 6) is 1.74. The zero-order valence-corrected chi connectivity index (χ0v) is 9.50. The van der Waals surface area contributed by atoms with Gasteiger partial charge in [0.25, 0.3) is 0 Å². The molecule has 0 atom stereocenters. The van der Waals surface area contributed by atoms with Gasteiger partial charge in [0.2, 0.25) is 5.88 Å². The van der Waals surface area contributed by atoms with Crippen molar-refractivity contribution < 1.29 is 4.74 Å². The molecule has 84 valence electrons. The highest BCUT2D eigenvalue weighted by Gasteiger charge is 2.09. The largest absolute Gasteiger partial charge is 0.476 e. The Balaban J connectivity index is 2.81. The normalized spacial score (nSPS) is 10.1. The van der Waals surface area contributed by atoms with Gasteiger partial charge in [-0.3, -0.25) is 0 Å². The molecule has 0 bridgehead atoms. The standard InChI is InChI=1S/C10H18N4O/c1-4-5-6-15-10-8(11)9(12-3)13-7(2)14-10/h4-6,11H2,1-3H3,(H,12,13,14). The number of anilines is 2. The molecule has 0 aliphatic heterocycles. The Morgan fingerprint density at radius 3 is 2.73 bits per heavy atom. The first-order valence-corrected chi connectivity index (χ1v) is 5.13. The molecule has 5 nitrogen and oxygen atoms in total. The smallest absolute Gasteiger partial charge is 0.242 e. The first-order chi connectivity index (χ1) is 7.19. The van der Waals surface area contributed by atoms with Crippen LogP contribution in [0.15, 0.2) is 0 Å². The summed E-state index contributed by atoms with van der Waals surface area (Å²) in [5, 5.41) is 2.91. The summed E-state index contributed by atoms with van der Waals surface area (Å²) in [6.07, 6.45) is 2.08. The Hall–Kier alpha value is -1.52. The van der Waals surface area contributed by atoms with Gasteiger partial charge in [0.05, 0.1) is 6.61 Å². The second-order valence-corrected chi connectivity index (χ2v) is 3.29. The van der Waals surface area contributed by atoms with E-state index in [0.717, 1.165) is 12.8 Å². The molecule has 15 heavy (non-hydrogen) atoms. The summed E-state index contributed by atoms with van der Waals surface area (Å²) in [7, 11) is 1.77. The quantitative estimate of drug-likeness (QED) is 0.722. The number of aryl methyl sites for hydroxylation is 1. The minimum Gasteiger partial charge on any atom is -0.476 e. The van der Waals surface area contributed by atoms with Gasteiger partial charge >= 0.3 is 0 Å². The summed E-state index contributed by atoms with van der Waals surface area (Å²) in [5.41, 5.74) is 6.30. The fraction of sp³-hybridized carbons (Fsp3) is 0.600. The fourth-order valence-electron chi connectivity index (χ4n) is 1.17. The van der Waals surface area contributed by atoms with E-state index >= 15 is 0 Å². The van der Waals surface area contributed by atoms with Gasteiger partial charge in [0.1, 0.15) is 11.5 Å². The second kappa shape index (κ2) is 5.38. The van der Waals surface area contributed by atoms with Gasteiger partial charge in [-0.2, -0.15) is 4.98 Å². The van der Waals surface area contributed by atoms with Crippen LogP contribution in [0.5, 0.6) is 5.88 Å². The van der Waals surface area contributed by atoms with Gasteiger partial charge in [-0.1, -0.05) is 13.3 Å². The van der Waals surface area contributed by atoms with E-state index in [1.54, 1.807) is 7.05 Å². The Morgan fingerprint density at radius 1 is 1.40 bits per heavy atom. The maximum absolute atomic E-state index is 5.83. The molecular formula is C10H18N4O. The number of nitrogen functional groups attached to an aromatic ring is 1. The topological polar surface area (TPSA) is 73.1 Å². The zero-order chi connectivity index (χ0) is 11.3. The molecule has 1 aromatic rings. The van der Waals surface area contributed by atoms with E-state index in [9.17, 15) is 0 Å². The highest BCUT2D eigenvalue weighted by molar-refractivity contribution is 5.66. The lowest BCUT2D eigenvalue weighted by Crippen LogP contribution is -2.08. The molecule has 0 saturated heterocycles. The van der Waals surface area contributed by atoms with Crippen LogP contribution < -0.4 is 15.8 Å². The van der Waals surface area contributed by atoms with Crippen LogP contribution in [0.2, 0.25) is 0 Å². The molecule has 0 aliphatic carbocycles. The Morgan fingerprint density at radius 2 is 2.13 bits per heavy atom. The maximum Gasteiger partial charge on any atom is 0.242 e. The van der Waals surface area contributed by atoms with Gasteiger partial charge in [-0.05, 0) is 13.3 Å². The molecule has 1 rings (SSSR count). The van der Waals surface area contributed by atoms with Crippen molar-refractivity contribution in [2.24, 2.45) is 0 Å². The van der Waals surface area contributed by atoms with Crippen molar-refractivity contribution in [3.8, 4) is 5.88 Å². The van der Waals surface area contributed by atoms with Gasteiger partial charge in [-0.15, -0.1) is 0 Å². The van der Waals surface area contributed by atoms with Crippen LogP contribution >= 0.6 is 0 Å². The van der Waals surface area contributed by atoms with E-state index in [4.69, 9.17) is 10.5 Å². The molecule has 0 saturated carbocycles. The fourth-order valence-corrected chi connectivity index (χ4v) is 1.17. The van der Waals surface area contributed by atoms with Crippen LogP contribution in [0.1, 0.15) is 25.6 Å². The molecule has 3 N–H and O–H groups in total. The van der Waals surface area contributed by atoms with E-state index in [1.807, 2.05) is 6.92 Å². The van der Waals surface area contributed by atoms with E-state index in [2.05, 4.69) is 22.2 Å². The number of ether oxygens (including phenoxy) is 1. The predicted molar refractivity (Wildman–Crippen MR) is 61.1 cm³/mol. The van der Waals surface area contributed by atoms with Gasteiger partial charge in [-0.25, -0.2) is 4.98 Å². The SMILES string of the molecule is CCCCOc1nc(C)nc(NC)c1N. The molecule has 0 amide bonds. The molecule has 1 heterocycles. The number of nitrogens with one attached hydrogen (secondary N) is 1. The molecular weight excluding hydrogens is 192 g/mol. The van der Waals surface area contributed by atoms with Crippen LogP contribution in [-0.2, 0) is 0 Å². The van der Waals surface area contributed by atoms with Crippen LogP contribution in [0, 0.1) is 6.92 Å². The number of aromatic nitrogens is 2. The summed E-state index contributed by atoms with van der Waals surface area (Å²) >= 11 is 0. The van der Waals surface area contributed by atoms with Gasteiger partial charge in [0, 0.05) is 7.05 Å². The molecule has 5 heteroatoms. The summed E-state index contributed by atoms with van der Waals surface area (Å²) in [4.78, 5) is 8.31. The second-order valence-electron chi connectivity index (χ2n) is 3.29. The van der Waals surface area contributed by atoms with Crippen LogP contribution in [0.4, 0.5) is 11.5 Å². The lowest BCUT2D eigenvalue weighted by atomic mass is 10.3. The van der Waals surface area contributed by atoms with E-state index < -0.39 is 0 Å². The van der Waals surface area contributed by atoms with Crippen LogP contribution in [-0.4, -0.2) is 23.6 Å². The Kier molecular flexibility index (Phi) is 4.15. The van der Waals surface area contributed by atoms with E-state index in [1.165, 1.54) is 0 Å². The summed E-state index contributed by atoms with van der Waals surface area (Å²) in [6.45, 7) is 4.56. The van der Waals surface area contributed by atoms with E-state index in [-0.39, 0.29) is 0 Å². The van der Waals surface area contributed by atoms with Crippen molar-refractivity contribution in [2.45, 2.75) is 26.7 Å². The molecule has 1 aromatic heterocycles. The zero-order valence-electron chi connectivity index (χ0n) is 9.50. The van der Waals surface area contributed by atoms with Crippen molar-refractivity contribution in [2.75, 3.05) is 24.7 Å². The average Bonchev–Trinajstić information content (AvgIpc) is 2.23. The molecule has 0 aliphatic rings. The van der Waals surface area contributed by atoms with Crippen LogP contribution in [0.3, 0.4) is 0 Å². The molecule has 0 fully saturated rings. The molecule has 0 radical (unpaired) electrons. The Bertz CT molecular complexity index is 327. The minimum atomic E-state index is 0.471. The maximum atomic E-state index is 5.83. The molecule has 0 spiro atoms. The third-order valence-corrected chi connectivity index (χ3v) is 2.00. The summed E-state index contributed by atoms with van der Waals surface area (Å²) < 4.78 is 5.48. The number of hydrogen-bond acceptors (Lipinski definition) is 5. The highest BCUT2D eigenvalue weighted by Crippen LogP contribution is 2.25. The van der Waals surface area contributed by atoms with E-state index in [0.29, 0.717) is 29.8 Å². The number of nitrogens with zero attached hydrogens (tertiary/aromatic N) is 2. The first kappa shape index (κ1) is 11.6. The van der Waals surface area contributed by atoms with Crippen molar-refractivity contribution in [3.05, 3.63) is 5.82 Å². The third-order valence-electron chi connectivity index (χ3n) is 2.00. The lowest BCUT2D eigenvalue weighted by Gasteiger charge is -2.10. The number of hydrogen-bond donors (Lipinski definition) is 2. The molecule has 0 aromatic carbocycles. The first-order valence-electron chi connectivity index (χ1n) is 5.13.